The number of hydrogen-bond acceptors (Lipinski definition) is 4. The van der Waals surface area contributed by atoms with Crippen LogP contribution in [0.25, 0.3) is 6.08 Å². The van der Waals surface area contributed by atoms with E-state index in [0.717, 1.165) is 8.66 Å². The maximum atomic E-state index is 12.2. The molecular weight excluding hydrogens is 374 g/mol. The number of halogens is 1. The maximum absolute atomic E-state index is 12.2. The van der Waals surface area contributed by atoms with Gasteiger partial charge in [0, 0.05) is 29.3 Å². The second kappa shape index (κ2) is 8.10. The third kappa shape index (κ3) is 5.92. The van der Waals surface area contributed by atoms with Gasteiger partial charge >= 0.3 is 0 Å². The van der Waals surface area contributed by atoms with E-state index >= 15 is 0 Å². The molecule has 1 aromatic heterocycles. The van der Waals surface area contributed by atoms with Crippen molar-refractivity contribution in [1.82, 2.24) is 4.90 Å². The zero-order valence-electron chi connectivity index (χ0n) is 12.4. The van der Waals surface area contributed by atoms with E-state index in [4.69, 9.17) is 0 Å². The van der Waals surface area contributed by atoms with Gasteiger partial charge in [0.1, 0.15) is 0 Å². The van der Waals surface area contributed by atoms with E-state index in [1.807, 2.05) is 19.1 Å². The molecule has 0 saturated heterocycles. The number of likely N-dealkylation sites (N-methyl/N-ethyl adjacent to an activating group) is 1. The van der Waals surface area contributed by atoms with Crippen molar-refractivity contribution in [2.24, 2.45) is 0 Å². The summed E-state index contributed by atoms with van der Waals surface area (Å²) >= 11 is 4.90. The molecule has 21 heavy (non-hydrogen) atoms. The van der Waals surface area contributed by atoms with Gasteiger partial charge in [-0.25, -0.2) is 8.42 Å². The van der Waals surface area contributed by atoms with Crippen LogP contribution >= 0.6 is 27.3 Å². The molecule has 1 aromatic rings. The Hall–Kier alpha value is -0.660. The number of hydrogen-bond donors (Lipinski definition) is 0. The van der Waals surface area contributed by atoms with Crippen LogP contribution in [0.15, 0.2) is 22.0 Å². The summed E-state index contributed by atoms with van der Waals surface area (Å²) < 4.78 is 24.4. The SMILES string of the molecule is CCN(C(=O)C=Cc1ccc(Br)s1)C(C)CS(=O)(=O)CC. The predicted octanol–water partition coefficient (Wildman–Crippen LogP) is 3.20. The van der Waals surface area contributed by atoms with Crippen LogP contribution < -0.4 is 0 Å². The molecular formula is C14H20BrNO3S2. The molecule has 0 fully saturated rings. The molecule has 1 unspecified atom stereocenters. The van der Waals surface area contributed by atoms with Crippen molar-refractivity contribution in [1.29, 1.82) is 0 Å². The molecule has 0 aliphatic heterocycles. The summed E-state index contributed by atoms with van der Waals surface area (Å²) in [5.74, 6) is -0.0651. The minimum atomic E-state index is -3.09. The zero-order valence-corrected chi connectivity index (χ0v) is 15.6. The van der Waals surface area contributed by atoms with Crippen LogP contribution in [0.5, 0.6) is 0 Å². The lowest BCUT2D eigenvalue weighted by Crippen LogP contribution is -2.41. The molecule has 118 valence electrons. The fourth-order valence-corrected chi connectivity index (χ4v) is 4.40. The molecule has 0 aromatic carbocycles. The summed E-state index contributed by atoms with van der Waals surface area (Å²) in [6.07, 6.45) is 3.25. The topological polar surface area (TPSA) is 54.5 Å². The first-order valence-electron chi connectivity index (χ1n) is 6.73. The quantitative estimate of drug-likeness (QED) is 0.668. The Labute approximate surface area is 138 Å². The zero-order chi connectivity index (χ0) is 16.0. The summed E-state index contributed by atoms with van der Waals surface area (Å²) in [5.41, 5.74) is 0. The minimum Gasteiger partial charge on any atom is -0.336 e. The molecule has 1 rings (SSSR count). The molecule has 0 N–H and O–H groups in total. The Morgan fingerprint density at radius 1 is 1.43 bits per heavy atom. The maximum Gasteiger partial charge on any atom is 0.246 e. The Morgan fingerprint density at radius 2 is 2.10 bits per heavy atom. The molecule has 1 heterocycles. The minimum absolute atomic E-state index is 0.00146. The van der Waals surface area contributed by atoms with Crippen molar-refractivity contribution in [3.05, 3.63) is 26.9 Å². The van der Waals surface area contributed by atoms with E-state index in [1.54, 1.807) is 24.8 Å². The summed E-state index contributed by atoms with van der Waals surface area (Å²) in [7, 11) is -3.09. The smallest absolute Gasteiger partial charge is 0.246 e. The number of rotatable bonds is 7. The van der Waals surface area contributed by atoms with Crippen molar-refractivity contribution < 1.29 is 13.2 Å². The number of sulfone groups is 1. The van der Waals surface area contributed by atoms with Gasteiger partial charge in [0.25, 0.3) is 0 Å². The van der Waals surface area contributed by atoms with Crippen molar-refractivity contribution in [3.8, 4) is 0 Å². The van der Waals surface area contributed by atoms with E-state index in [9.17, 15) is 13.2 Å². The Morgan fingerprint density at radius 3 is 2.57 bits per heavy atom. The molecule has 0 bridgehead atoms. The van der Waals surface area contributed by atoms with Crippen LogP contribution in [0.2, 0.25) is 0 Å². The monoisotopic (exact) mass is 393 g/mol. The predicted molar refractivity (Wildman–Crippen MR) is 92.2 cm³/mol. The number of carbonyl (C=O) groups excluding carboxylic acids is 1. The second-order valence-corrected chi connectivity index (χ2v) is 9.54. The number of nitrogens with zero attached hydrogens (tertiary/aromatic N) is 1. The standard InChI is InChI=1S/C14H20BrNO3S2/c1-4-16(11(3)10-21(18,19)5-2)14(17)9-7-12-6-8-13(15)20-12/h6-9,11H,4-5,10H2,1-3H3. The fraction of sp³-hybridized carbons (Fsp3) is 0.500. The first kappa shape index (κ1) is 18.4. The average molecular weight is 394 g/mol. The number of amides is 1. The van der Waals surface area contributed by atoms with Gasteiger partial charge < -0.3 is 4.90 Å². The molecule has 0 spiro atoms. The van der Waals surface area contributed by atoms with Crippen molar-refractivity contribution in [2.75, 3.05) is 18.1 Å². The van der Waals surface area contributed by atoms with Crippen molar-refractivity contribution in [3.63, 3.8) is 0 Å². The van der Waals surface area contributed by atoms with Gasteiger partial charge in [-0.15, -0.1) is 11.3 Å². The molecule has 7 heteroatoms. The molecule has 0 radical (unpaired) electrons. The third-order valence-corrected chi connectivity index (χ3v) is 6.53. The van der Waals surface area contributed by atoms with E-state index in [1.165, 1.54) is 17.4 Å². The van der Waals surface area contributed by atoms with Crippen LogP contribution in [-0.4, -0.2) is 43.3 Å². The normalized spacial score (nSPS) is 13.5. The lowest BCUT2D eigenvalue weighted by Gasteiger charge is -2.26. The molecule has 1 atom stereocenters. The van der Waals surface area contributed by atoms with Gasteiger partial charge in [0.2, 0.25) is 5.91 Å². The summed E-state index contributed by atoms with van der Waals surface area (Å²) in [6.45, 7) is 5.72. The highest BCUT2D eigenvalue weighted by molar-refractivity contribution is 9.11. The molecule has 0 saturated carbocycles. The van der Waals surface area contributed by atoms with E-state index < -0.39 is 9.84 Å². The Balaban J connectivity index is 2.75. The van der Waals surface area contributed by atoms with Gasteiger partial charge in [-0.1, -0.05) is 6.92 Å². The van der Waals surface area contributed by atoms with Gasteiger partial charge in [-0.05, 0) is 48.0 Å². The third-order valence-electron chi connectivity index (χ3n) is 3.07. The van der Waals surface area contributed by atoms with Crippen LogP contribution in [0, 0.1) is 0 Å². The number of thiophene rings is 1. The highest BCUT2D eigenvalue weighted by Crippen LogP contribution is 2.23. The van der Waals surface area contributed by atoms with Gasteiger partial charge in [-0.3, -0.25) is 4.79 Å². The Bertz CT molecular complexity index is 607. The Kier molecular flexibility index (Phi) is 7.09. The highest BCUT2D eigenvalue weighted by Gasteiger charge is 2.21. The van der Waals surface area contributed by atoms with Gasteiger partial charge in [-0.2, -0.15) is 0 Å². The van der Waals surface area contributed by atoms with Gasteiger partial charge in [0.05, 0.1) is 9.54 Å². The summed E-state index contributed by atoms with van der Waals surface area (Å²) in [6, 6.07) is 3.51. The molecule has 4 nitrogen and oxygen atoms in total. The van der Waals surface area contributed by atoms with Crippen LogP contribution in [0.1, 0.15) is 25.6 Å². The molecule has 0 aliphatic rings. The largest absolute Gasteiger partial charge is 0.336 e. The van der Waals surface area contributed by atoms with E-state index in [0.29, 0.717) is 6.54 Å². The lowest BCUT2D eigenvalue weighted by atomic mass is 10.3. The van der Waals surface area contributed by atoms with Crippen LogP contribution in [-0.2, 0) is 14.6 Å². The first-order valence-corrected chi connectivity index (χ1v) is 10.2. The lowest BCUT2D eigenvalue weighted by molar-refractivity contribution is -0.127. The van der Waals surface area contributed by atoms with Crippen LogP contribution in [0.4, 0.5) is 0 Å². The first-order chi connectivity index (χ1) is 9.79. The van der Waals surface area contributed by atoms with E-state index in [2.05, 4.69) is 15.9 Å². The fourth-order valence-electron chi connectivity index (χ4n) is 1.93. The average Bonchev–Trinajstić information content (AvgIpc) is 2.82. The number of carbonyl (C=O) groups is 1. The molecule has 0 aliphatic carbocycles. The van der Waals surface area contributed by atoms with Crippen molar-refractivity contribution >= 4 is 49.1 Å². The molecule has 1 amide bonds. The van der Waals surface area contributed by atoms with E-state index in [-0.39, 0.29) is 23.5 Å². The summed E-state index contributed by atoms with van der Waals surface area (Å²) in [4.78, 5) is 14.8. The van der Waals surface area contributed by atoms with Gasteiger partial charge in [0.15, 0.2) is 9.84 Å². The second-order valence-electron chi connectivity index (χ2n) is 4.65. The van der Waals surface area contributed by atoms with Crippen LogP contribution in [0.3, 0.4) is 0 Å². The van der Waals surface area contributed by atoms with Crippen molar-refractivity contribution in [2.45, 2.75) is 26.8 Å². The highest BCUT2D eigenvalue weighted by atomic mass is 79.9. The summed E-state index contributed by atoms with van der Waals surface area (Å²) in [5, 5.41) is 0.